The zero-order chi connectivity index (χ0) is 14.9. The molecule has 1 aromatic rings. The number of carbonyl (C=O) groups is 1. The van der Waals surface area contributed by atoms with Crippen molar-refractivity contribution in [1.29, 1.82) is 0 Å². The summed E-state index contributed by atoms with van der Waals surface area (Å²) in [5, 5.41) is 20.4. The Kier molecular flexibility index (Phi) is 3.99. The summed E-state index contributed by atoms with van der Waals surface area (Å²) < 4.78 is 13.7. The first-order valence-corrected chi connectivity index (χ1v) is 6.31. The van der Waals surface area contributed by atoms with Crippen LogP contribution in [-0.2, 0) is 0 Å². The molecule has 0 spiro atoms. The first-order valence-electron chi connectivity index (χ1n) is 6.31. The van der Waals surface area contributed by atoms with Crippen molar-refractivity contribution >= 4 is 11.6 Å². The number of non-ortho nitro benzene ring substituents is 1. The van der Waals surface area contributed by atoms with Crippen LogP contribution in [0, 0.1) is 21.8 Å². The van der Waals surface area contributed by atoms with E-state index in [1.807, 2.05) is 6.92 Å². The van der Waals surface area contributed by atoms with Crippen LogP contribution in [0.25, 0.3) is 0 Å². The molecule has 1 aliphatic rings. The predicted octanol–water partition coefficient (Wildman–Crippen LogP) is 1.58. The van der Waals surface area contributed by atoms with Gasteiger partial charge in [0.05, 0.1) is 16.6 Å². The van der Waals surface area contributed by atoms with Gasteiger partial charge in [-0.25, -0.2) is 4.39 Å². The number of rotatable bonds is 2. The molecule has 2 atom stereocenters. The van der Waals surface area contributed by atoms with E-state index in [-0.39, 0.29) is 23.7 Å². The van der Waals surface area contributed by atoms with Crippen molar-refractivity contribution < 1.29 is 19.2 Å². The van der Waals surface area contributed by atoms with Gasteiger partial charge in [-0.2, -0.15) is 0 Å². The van der Waals surface area contributed by atoms with E-state index in [0.29, 0.717) is 13.0 Å². The molecule has 0 radical (unpaired) electrons. The van der Waals surface area contributed by atoms with E-state index in [1.54, 1.807) is 0 Å². The monoisotopic (exact) mass is 282 g/mol. The molecule has 1 aliphatic heterocycles. The molecule has 1 heterocycles. The Balaban J connectivity index is 2.25. The lowest BCUT2D eigenvalue weighted by atomic mass is 9.95. The highest BCUT2D eigenvalue weighted by atomic mass is 19.1. The van der Waals surface area contributed by atoms with Crippen LogP contribution in [0.1, 0.15) is 23.7 Å². The molecule has 108 valence electrons. The second-order valence-electron chi connectivity index (χ2n) is 5.01. The number of β-amino-alcohol motifs (C(OH)–C–C–N with tert-alkyl or cyclic N) is 1. The minimum atomic E-state index is -0.797. The Labute approximate surface area is 115 Å². The molecule has 0 aromatic heterocycles. The second-order valence-corrected chi connectivity index (χ2v) is 5.01. The van der Waals surface area contributed by atoms with Crippen molar-refractivity contribution in [3.63, 3.8) is 0 Å². The van der Waals surface area contributed by atoms with Gasteiger partial charge < -0.3 is 10.0 Å². The minimum absolute atomic E-state index is 0.0778. The normalized spacial score (nSPS) is 22.6. The highest BCUT2D eigenvalue weighted by Gasteiger charge is 2.29. The topological polar surface area (TPSA) is 83.7 Å². The van der Waals surface area contributed by atoms with Gasteiger partial charge in [0.2, 0.25) is 0 Å². The lowest BCUT2D eigenvalue weighted by Gasteiger charge is -2.34. The number of aliphatic hydroxyl groups is 1. The number of carbonyl (C=O) groups excluding carboxylic acids is 1. The van der Waals surface area contributed by atoms with E-state index in [9.17, 15) is 24.4 Å². The third-order valence-electron chi connectivity index (χ3n) is 3.60. The Morgan fingerprint density at radius 1 is 1.55 bits per heavy atom. The van der Waals surface area contributed by atoms with Crippen molar-refractivity contribution in [2.24, 2.45) is 5.92 Å². The molecule has 0 bridgehead atoms. The fourth-order valence-corrected chi connectivity index (χ4v) is 2.19. The Morgan fingerprint density at radius 2 is 2.25 bits per heavy atom. The molecule has 0 saturated carbocycles. The summed E-state index contributed by atoms with van der Waals surface area (Å²) in [6, 6.07) is 2.86. The van der Waals surface area contributed by atoms with Crippen molar-refractivity contribution in [2.75, 3.05) is 13.1 Å². The van der Waals surface area contributed by atoms with Crippen LogP contribution in [0.2, 0.25) is 0 Å². The molecule has 1 N–H and O–H groups in total. The van der Waals surface area contributed by atoms with Gasteiger partial charge in [-0.3, -0.25) is 14.9 Å². The van der Waals surface area contributed by atoms with E-state index in [0.717, 1.165) is 18.2 Å². The summed E-state index contributed by atoms with van der Waals surface area (Å²) in [4.78, 5) is 23.5. The van der Waals surface area contributed by atoms with Crippen molar-refractivity contribution in [1.82, 2.24) is 4.90 Å². The van der Waals surface area contributed by atoms with Gasteiger partial charge in [-0.15, -0.1) is 0 Å². The number of nitrogens with zero attached hydrogens (tertiary/aromatic N) is 2. The smallest absolute Gasteiger partial charge is 0.270 e. The molecule has 6 nitrogen and oxygen atoms in total. The van der Waals surface area contributed by atoms with Crippen molar-refractivity contribution in [3.05, 3.63) is 39.7 Å². The summed E-state index contributed by atoms with van der Waals surface area (Å²) in [6.07, 6.45) is -0.0434. The van der Waals surface area contributed by atoms with Crippen LogP contribution in [0.15, 0.2) is 18.2 Å². The zero-order valence-corrected chi connectivity index (χ0v) is 11.0. The molecule has 0 aliphatic carbocycles. The number of hydrogen-bond acceptors (Lipinski definition) is 4. The summed E-state index contributed by atoms with van der Waals surface area (Å²) >= 11 is 0. The summed E-state index contributed by atoms with van der Waals surface area (Å²) in [7, 11) is 0. The lowest BCUT2D eigenvalue weighted by Crippen LogP contribution is -2.46. The van der Waals surface area contributed by atoms with E-state index < -0.39 is 22.8 Å². The molecule has 1 saturated heterocycles. The maximum Gasteiger partial charge on any atom is 0.270 e. The fourth-order valence-electron chi connectivity index (χ4n) is 2.19. The van der Waals surface area contributed by atoms with E-state index in [4.69, 9.17) is 0 Å². The summed E-state index contributed by atoms with van der Waals surface area (Å²) in [5.41, 5.74) is -0.665. The van der Waals surface area contributed by atoms with Crippen LogP contribution in [-0.4, -0.2) is 40.0 Å². The van der Waals surface area contributed by atoms with E-state index >= 15 is 0 Å². The Hall–Kier alpha value is -2.02. The first-order chi connectivity index (χ1) is 9.40. The number of hydrogen-bond donors (Lipinski definition) is 1. The highest BCUT2D eigenvalue weighted by molar-refractivity contribution is 5.95. The number of likely N-dealkylation sites (tertiary alicyclic amines) is 1. The number of piperidine rings is 1. The summed E-state index contributed by atoms with van der Waals surface area (Å²) in [6.45, 7) is 2.39. The number of aliphatic hydroxyl groups excluding tert-OH is 1. The van der Waals surface area contributed by atoms with E-state index in [2.05, 4.69) is 0 Å². The van der Waals surface area contributed by atoms with Gasteiger partial charge >= 0.3 is 0 Å². The van der Waals surface area contributed by atoms with Gasteiger partial charge in [0.25, 0.3) is 11.6 Å². The predicted molar refractivity (Wildman–Crippen MR) is 68.7 cm³/mol. The first kappa shape index (κ1) is 14.4. The van der Waals surface area contributed by atoms with Crippen LogP contribution >= 0.6 is 0 Å². The Morgan fingerprint density at radius 3 is 2.85 bits per heavy atom. The fraction of sp³-hybridized carbons (Fsp3) is 0.462. The van der Waals surface area contributed by atoms with Gasteiger partial charge in [-0.05, 0) is 18.4 Å². The maximum absolute atomic E-state index is 13.7. The average Bonchev–Trinajstić information content (AvgIpc) is 2.41. The third-order valence-corrected chi connectivity index (χ3v) is 3.60. The lowest BCUT2D eigenvalue weighted by molar-refractivity contribution is -0.384. The Bertz CT molecular complexity index is 549. The van der Waals surface area contributed by atoms with Gasteiger partial charge in [0.1, 0.15) is 5.82 Å². The maximum atomic E-state index is 13.7. The van der Waals surface area contributed by atoms with E-state index in [1.165, 1.54) is 4.90 Å². The molecular weight excluding hydrogens is 267 g/mol. The van der Waals surface area contributed by atoms with Gasteiger partial charge in [0.15, 0.2) is 0 Å². The number of halogens is 1. The number of amides is 1. The molecular formula is C13H15FN2O4. The number of benzene rings is 1. The molecule has 2 unspecified atom stereocenters. The average molecular weight is 282 g/mol. The highest BCUT2D eigenvalue weighted by Crippen LogP contribution is 2.22. The molecule has 20 heavy (non-hydrogen) atoms. The standard InChI is InChI=1S/C13H15FN2O4/c1-8-4-5-15(7-12(8)17)13(18)10-6-9(16(19)20)2-3-11(10)14/h2-3,6,8,12,17H,4-5,7H2,1H3. The zero-order valence-electron chi connectivity index (χ0n) is 11.0. The van der Waals surface area contributed by atoms with Crippen LogP contribution in [0.4, 0.5) is 10.1 Å². The largest absolute Gasteiger partial charge is 0.391 e. The van der Waals surface area contributed by atoms with Crippen LogP contribution in [0.5, 0.6) is 0 Å². The van der Waals surface area contributed by atoms with Crippen LogP contribution < -0.4 is 0 Å². The molecule has 2 rings (SSSR count). The number of nitro groups is 1. The van der Waals surface area contributed by atoms with Crippen molar-refractivity contribution in [3.8, 4) is 0 Å². The van der Waals surface area contributed by atoms with Gasteiger partial charge in [0, 0.05) is 25.2 Å². The minimum Gasteiger partial charge on any atom is -0.391 e. The second kappa shape index (κ2) is 5.54. The van der Waals surface area contributed by atoms with Crippen LogP contribution in [0.3, 0.4) is 0 Å². The van der Waals surface area contributed by atoms with Crippen molar-refractivity contribution in [2.45, 2.75) is 19.4 Å². The molecule has 7 heteroatoms. The third kappa shape index (κ3) is 2.77. The van der Waals surface area contributed by atoms with Gasteiger partial charge in [-0.1, -0.05) is 6.92 Å². The number of nitro benzene ring substituents is 1. The SMILES string of the molecule is CC1CCN(C(=O)c2cc([N+](=O)[O-])ccc2F)CC1O. The quantitative estimate of drug-likeness (QED) is 0.659. The molecule has 1 fully saturated rings. The molecule has 1 amide bonds. The summed E-state index contributed by atoms with van der Waals surface area (Å²) in [5.74, 6) is -1.35. The molecule has 1 aromatic carbocycles.